The van der Waals surface area contributed by atoms with E-state index in [1.807, 2.05) is 36.4 Å². The molecule has 1 heterocycles. The van der Waals surface area contributed by atoms with Gasteiger partial charge in [-0.2, -0.15) is 0 Å². The van der Waals surface area contributed by atoms with Crippen molar-refractivity contribution in [3.05, 3.63) is 81.8 Å². The van der Waals surface area contributed by atoms with Crippen LogP contribution in [-0.2, 0) is 5.41 Å². The van der Waals surface area contributed by atoms with Crippen LogP contribution < -0.4 is 10.6 Å². The maximum absolute atomic E-state index is 12.7. The second-order valence-electron chi connectivity index (χ2n) is 8.53. The van der Waals surface area contributed by atoms with Gasteiger partial charge in [0.15, 0.2) is 5.11 Å². The Bertz CT molecular complexity index is 1330. The quantitative estimate of drug-likeness (QED) is 0.275. The van der Waals surface area contributed by atoms with Crippen LogP contribution in [0.3, 0.4) is 0 Å². The largest absolute Gasteiger partial charge is 0.331 e. The molecule has 1 aromatic heterocycles. The minimum Gasteiger partial charge on any atom is -0.331 e. The highest BCUT2D eigenvalue weighted by molar-refractivity contribution is 7.80. The third-order valence-corrected chi connectivity index (χ3v) is 6.85. The van der Waals surface area contributed by atoms with Gasteiger partial charge in [-0.05, 0) is 59.6 Å². The third kappa shape index (κ3) is 5.36. The monoisotopic (exact) mass is 513 g/mol. The van der Waals surface area contributed by atoms with Crippen molar-refractivity contribution in [2.45, 2.75) is 26.2 Å². The number of fused-ring (bicyclic) bond motifs is 1. The van der Waals surface area contributed by atoms with Gasteiger partial charge < -0.3 is 5.32 Å². The Hall–Kier alpha value is -2.51. The summed E-state index contributed by atoms with van der Waals surface area (Å²) in [5, 5.41) is 7.52. The van der Waals surface area contributed by atoms with Crippen molar-refractivity contribution in [1.29, 1.82) is 0 Å². The van der Waals surface area contributed by atoms with Gasteiger partial charge in [-0.15, -0.1) is 11.3 Å². The lowest BCUT2D eigenvalue weighted by molar-refractivity contribution is 0.0977. The maximum Gasteiger partial charge on any atom is 0.257 e. The summed E-state index contributed by atoms with van der Waals surface area (Å²) in [4.78, 5) is 17.4. The second-order valence-corrected chi connectivity index (χ2v) is 10.8. The van der Waals surface area contributed by atoms with E-state index in [9.17, 15) is 4.79 Å². The van der Waals surface area contributed by atoms with Crippen molar-refractivity contribution in [3.8, 4) is 10.6 Å². The van der Waals surface area contributed by atoms with Crippen molar-refractivity contribution in [2.24, 2.45) is 0 Å². The van der Waals surface area contributed by atoms with Crippen molar-refractivity contribution in [3.63, 3.8) is 0 Å². The van der Waals surface area contributed by atoms with E-state index < -0.39 is 0 Å². The van der Waals surface area contributed by atoms with E-state index >= 15 is 0 Å². The Balaban J connectivity index is 1.57. The molecule has 0 saturated heterocycles. The molecule has 0 aliphatic carbocycles. The zero-order chi connectivity index (χ0) is 23.8. The number of para-hydroxylation sites is 1. The third-order valence-electron chi connectivity index (χ3n) is 5.06. The normalized spacial score (nSPS) is 11.4. The van der Waals surface area contributed by atoms with Crippen LogP contribution in [0.2, 0.25) is 10.0 Å². The fraction of sp³-hybridized carbons (Fsp3) is 0.160. The first kappa shape index (κ1) is 23.6. The van der Waals surface area contributed by atoms with Crippen molar-refractivity contribution < 1.29 is 4.79 Å². The fourth-order valence-electron chi connectivity index (χ4n) is 3.30. The zero-order valence-electron chi connectivity index (χ0n) is 18.2. The zero-order valence-corrected chi connectivity index (χ0v) is 21.3. The topological polar surface area (TPSA) is 54.0 Å². The minimum absolute atomic E-state index is 0.00816. The van der Waals surface area contributed by atoms with Crippen molar-refractivity contribution in [1.82, 2.24) is 10.3 Å². The molecule has 2 N–H and O–H groups in total. The lowest BCUT2D eigenvalue weighted by Gasteiger charge is -2.19. The van der Waals surface area contributed by atoms with Gasteiger partial charge in [0.2, 0.25) is 0 Å². The van der Waals surface area contributed by atoms with Gasteiger partial charge in [0.05, 0.1) is 20.9 Å². The number of nitrogens with one attached hydrogen (secondary N) is 2. The van der Waals surface area contributed by atoms with Crippen LogP contribution in [0.5, 0.6) is 0 Å². The molecule has 0 spiro atoms. The number of hydrogen-bond acceptors (Lipinski definition) is 4. The molecular weight excluding hydrogens is 493 g/mol. The Labute approximate surface area is 212 Å². The molecule has 33 heavy (non-hydrogen) atoms. The molecule has 4 aromatic rings. The summed E-state index contributed by atoms with van der Waals surface area (Å²) in [7, 11) is 0. The van der Waals surface area contributed by atoms with Gasteiger partial charge >= 0.3 is 0 Å². The summed E-state index contributed by atoms with van der Waals surface area (Å²) in [5.74, 6) is -0.306. The lowest BCUT2D eigenvalue weighted by Crippen LogP contribution is -2.34. The van der Waals surface area contributed by atoms with Crippen LogP contribution >= 0.6 is 46.8 Å². The van der Waals surface area contributed by atoms with E-state index in [2.05, 4.69) is 31.4 Å². The SMILES string of the molecule is CC(C)(C)c1ccc(C(=O)NC(=S)Nc2c(Cl)cc(Cl)cc2-c2nc3ccccc3s2)cc1. The highest BCUT2D eigenvalue weighted by atomic mass is 35.5. The van der Waals surface area contributed by atoms with E-state index in [1.165, 1.54) is 11.3 Å². The van der Waals surface area contributed by atoms with E-state index in [1.54, 1.807) is 24.3 Å². The Morgan fingerprint density at radius 1 is 1.03 bits per heavy atom. The first-order valence-corrected chi connectivity index (χ1v) is 12.2. The summed E-state index contributed by atoms with van der Waals surface area (Å²) in [6.45, 7) is 6.38. The number of thiazole rings is 1. The van der Waals surface area contributed by atoms with E-state index in [0.717, 1.165) is 20.8 Å². The molecule has 168 valence electrons. The molecule has 8 heteroatoms. The summed E-state index contributed by atoms with van der Waals surface area (Å²) in [6, 6.07) is 18.7. The molecule has 4 nitrogen and oxygen atoms in total. The molecule has 0 atom stereocenters. The molecule has 0 aliphatic rings. The number of nitrogens with zero attached hydrogens (tertiary/aromatic N) is 1. The molecule has 3 aromatic carbocycles. The summed E-state index contributed by atoms with van der Waals surface area (Å²) >= 11 is 19.7. The minimum atomic E-state index is -0.306. The Morgan fingerprint density at radius 2 is 1.73 bits per heavy atom. The first-order valence-electron chi connectivity index (χ1n) is 10.2. The number of halogens is 2. The van der Waals surface area contributed by atoms with Crippen LogP contribution in [-0.4, -0.2) is 16.0 Å². The summed E-state index contributed by atoms with van der Waals surface area (Å²) < 4.78 is 1.05. The van der Waals surface area contributed by atoms with Gasteiger partial charge in [-0.1, -0.05) is 68.2 Å². The molecule has 0 fully saturated rings. The Kier molecular flexibility index (Phi) is 6.73. The van der Waals surface area contributed by atoms with Crippen LogP contribution in [0, 0.1) is 0 Å². The molecule has 0 unspecified atom stereocenters. The van der Waals surface area contributed by atoms with Crippen LogP contribution in [0.15, 0.2) is 60.7 Å². The molecule has 0 aliphatic heterocycles. The van der Waals surface area contributed by atoms with Gasteiger partial charge in [-0.3, -0.25) is 10.1 Å². The number of hydrogen-bond donors (Lipinski definition) is 2. The predicted octanol–water partition coefficient (Wildman–Crippen LogP) is 7.69. The van der Waals surface area contributed by atoms with Gasteiger partial charge in [0.25, 0.3) is 5.91 Å². The maximum atomic E-state index is 12.7. The molecule has 1 amide bonds. The standard InChI is InChI=1S/C25H21Cl2N3OS2/c1-25(2,3)15-10-8-14(9-11-15)22(31)30-24(32)29-21-17(12-16(26)13-18(21)27)23-28-19-6-4-5-7-20(19)33-23/h4-13H,1-3H3,(H2,29,30,31,32). The highest BCUT2D eigenvalue weighted by Gasteiger charge is 2.18. The number of thiocarbonyl (C=S) groups is 1. The fourth-order valence-corrected chi connectivity index (χ4v) is 5.02. The average Bonchev–Trinajstić information content (AvgIpc) is 3.19. The van der Waals surface area contributed by atoms with Gasteiger partial charge in [-0.25, -0.2) is 4.98 Å². The van der Waals surface area contributed by atoms with Gasteiger partial charge in [0.1, 0.15) is 5.01 Å². The lowest BCUT2D eigenvalue weighted by atomic mass is 9.87. The number of carbonyl (C=O) groups excluding carboxylic acids is 1. The van der Waals surface area contributed by atoms with Gasteiger partial charge in [0, 0.05) is 16.1 Å². The van der Waals surface area contributed by atoms with E-state index in [4.69, 9.17) is 40.4 Å². The number of benzene rings is 3. The average molecular weight is 515 g/mol. The molecule has 0 bridgehead atoms. The molecule has 0 radical (unpaired) electrons. The van der Waals surface area contributed by atoms with Crippen LogP contribution in [0.25, 0.3) is 20.8 Å². The molecule has 0 saturated carbocycles. The number of aromatic nitrogens is 1. The molecular formula is C25H21Cl2N3OS2. The second kappa shape index (κ2) is 9.39. The Morgan fingerprint density at radius 3 is 2.39 bits per heavy atom. The molecule has 4 rings (SSSR count). The number of anilines is 1. The number of carbonyl (C=O) groups is 1. The summed E-state index contributed by atoms with van der Waals surface area (Å²) in [5.41, 5.74) is 3.80. The summed E-state index contributed by atoms with van der Waals surface area (Å²) in [6.07, 6.45) is 0. The van der Waals surface area contributed by atoms with E-state index in [0.29, 0.717) is 26.9 Å². The highest BCUT2D eigenvalue weighted by Crippen LogP contribution is 2.40. The smallest absolute Gasteiger partial charge is 0.257 e. The van der Waals surface area contributed by atoms with Crippen molar-refractivity contribution >= 4 is 73.7 Å². The first-order chi connectivity index (χ1) is 15.6. The number of amides is 1. The van der Waals surface area contributed by atoms with Crippen LogP contribution in [0.1, 0.15) is 36.7 Å². The predicted molar refractivity (Wildman–Crippen MR) is 144 cm³/mol. The van der Waals surface area contributed by atoms with E-state index in [-0.39, 0.29) is 16.4 Å². The van der Waals surface area contributed by atoms with Crippen molar-refractivity contribution in [2.75, 3.05) is 5.32 Å². The number of rotatable bonds is 3. The van der Waals surface area contributed by atoms with Crippen LogP contribution in [0.4, 0.5) is 5.69 Å².